The highest BCUT2D eigenvalue weighted by Gasteiger charge is 2.31. The number of methoxy groups -OCH3 is 1. The second kappa shape index (κ2) is 8.16. The zero-order valence-electron chi connectivity index (χ0n) is 13.0. The molecule has 1 aliphatic rings. The third kappa shape index (κ3) is 4.48. The van der Waals surface area contributed by atoms with Crippen molar-refractivity contribution >= 4 is 46.3 Å². The van der Waals surface area contributed by atoms with Crippen LogP contribution in [-0.2, 0) is 9.59 Å². The van der Waals surface area contributed by atoms with Gasteiger partial charge in [-0.05, 0) is 36.6 Å². The van der Waals surface area contributed by atoms with E-state index >= 15 is 0 Å². The summed E-state index contributed by atoms with van der Waals surface area (Å²) < 4.78 is 5.44. The van der Waals surface area contributed by atoms with E-state index in [0.29, 0.717) is 39.9 Å². The summed E-state index contributed by atoms with van der Waals surface area (Å²) in [5.74, 6) is -0.691. The zero-order chi connectivity index (χ0) is 17.7. The lowest BCUT2D eigenvalue weighted by molar-refractivity contribution is -0.137. The molecule has 0 aromatic heterocycles. The number of phenols is 1. The predicted octanol–water partition coefficient (Wildman–Crippen LogP) is 2.86. The van der Waals surface area contributed by atoms with Crippen LogP contribution < -0.4 is 4.74 Å². The normalized spacial score (nSPS) is 16.0. The van der Waals surface area contributed by atoms with Crippen molar-refractivity contribution in [3.63, 3.8) is 0 Å². The molecular formula is C16H17NO5S2. The van der Waals surface area contributed by atoms with Gasteiger partial charge < -0.3 is 14.9 Å². The van der Waals surface area contributed by atoms with Crippen molar-refractivity contribution in [1.29, 1.82) is 0 Å². The van der Waals surface area contributed by atoms with Crippen LogP contribution in [0.15, 0.2) is 23.1 Å². The molecule has 24 heavy (non-hydrogen) atoms. The molecule has 128 valence electrons. The SMILES string of the molecule is COc1ccc(C=C2SC(=S)N(CCCCC(=O)O)C2=O)cc1O. The predicted molar refractivity (Wildman–Crippen MR) is 96.0 cm³/mol. The molecule has 1 fully saturated rings. The highest BCUT2D eigenvalue weighted by atomic mass is 32.2. The van der Waals surface area contributed by atoms with Gasteiger partial charge in [0.25, 0.3) is 5.91 Å². The van der Waals surface area contributed by atoms with Crippen LogP contribution in [0.3, 0.4) is 0 Å². The van der Waals surface area contributed by atoms with Gasteiger partial charge in [-0.15, -0.1) is 0 Å². The van der Waals surface area contributed by atoms with Crippen LogP contribution in [0.2, 0.25) is 0 Å². The maximum Gasteiger partial charge on any atom is 0.303 e. The number of carbonyl (C=O) groups is 2. The van der Waals surface area contributed by atoms with Gasteiger partial charge in [0, 0.05) is 13.0 Å². The Morgan fingerprint density at radius 2 is 2.17 bits per heavy atom. The number of thioether (sulfide) groups is 1. The lowest BCUT2D eigenvalue weighted by atomic mass is 10.2. The summed E-state index contributed by atoms with van der Waals surface area (Å²) in [7, 11) is 1.46. The molecule has 6 nitrogen and oxygen atoms in total. The molecule has 8 heteroatoms. The number of aliphatic carboxylic acids is 1. The fraction of sp³-hybridized carbons (Fsp3) is 0.312. The molecule has 1 heterocycles. The maximum absolute atomic E-state index is 12.4. The first-order valence-corrected chi connectivity index (χ1v) is 8.49. The molecule has 1 aromatic carbocycles. The monoisotopic (exact) mass is 367 g/mol. The third-order valence-corrected chi connectivity index (χ3v) is 4.77. The number of carboxylic acids is 1. The van der Waals surface area contributed by atoms with E-state index in [1.165, 1.54) is 29.8 Å². The van der Waals surface area contributed by atoms with Crippen LogP contribution >= 0.6 is 24.0 Å². The van der Waals surface area contributed by atoms with Gasteiger partial charge in [0.1, 0.15) is 4.32 Å². The van der Waals surface area contributed by atoms with Crippen LogP contribution in [0, 0.1) is 0 Å². The van der Waals surface area contributed by atoms with Crippen molar-refractivity contribution in [2.45, 2.75) is 19.3 Å². The summed E-state index contributed by atoms with van der Waals surface area (Å²) in [5, 5.41) is 18.4. The standard InChI is InChI=1S/C16H17NO5S2/c1-22-12-6-5-10(8-11(12)18)9-13-15(21)17(16(23)24-13)7-3-2-4-14(19)20/h5-6,8-9,18H,2-4,7H2,1H3,(H,19,20). The van der Waals surface area contributed by atoms with Crippen molar-refractivity contribution in [2.24, 2.45) is 0 Å². The highest BCUT2D eigenvalue weighted by Crippen LogP contribution is 2.34. The number of ether oxygens (including phenoxy) is 1. The average Bonchev–Trinajstić information content (AvgIpc) is 2.78. The van der Waals surface area contributed by atoms with E-state index in [0.717, 1.165) is 0 Å². The average molecular weight is 367 g/mol. The summed E-state index contributed by atoms with van der Waals surface area (Å²) in [6, 6.07) is 4.87. The number of aromatic hydroxyl groups is 1. The van der Waals surface area contributed by atoms with Gasteiger partial charge in [0.05, 0.1) is 12.0 Å². The van der Waals surface area contributed by atoms with E-state index in [1.54, 1.807) is 18.2 Å². The topological polar surface area (TPSA) is 87.1 Å². The zero-order valence-corrected chi connectivity index (χ0v) is 14.7. The molecule has 0 saturated carbocycles. The lowest BCUT2D eigenvalue weighted by Gasteiger charge is -2.13. The number of rotatable bonds is 7. The van der Waals surface area contributed by atoms with Crippen LogP contribution in [0.4, 0.5) is 0 Å². The summed E-state index contributed by atoms with van der Waals surface area (Å²) in [5.41, 5.74) is 0.666. The first-order valence-electron chi connectivity index (χ1n) is 7.26. The van der Waals surface area contributed by atoms with Crippen LogP contribution in [0.5, 0.6) is 11.5 Å². The van der Waals surface area contributed by atoms with Crippen molar-refractivity contribution in [3.8, 4) is 11.5 Å². The Labute approximate surface area is 149 Å². The molecule has 0 bridgehead atoms. The second-order valence-corrected chi connectivity index (χ2v) is 6.79. The van der Waals surface area contributed by atoms with E-state index in [2.05, 4.69) is 0 Å². The van der Waals surface area contributed by atoms with Crippen molar-refractivity contribution < 1.29 is 24.5 Å². The summed E-state index contributed by atoms with van der Waals surface area (Å²) >= 11 is 6.42. The largest absolute Gasteiger partial charge is 0.504 e. The number of thiocarbonyl (C=S) groups is 1. The molecule has 1 saturated heterocycles. The van der Waals surface area contributed by atoms with Gasteiger partial charge in [0.15, 0.2) is 11.5 Å². The second-order valence-electron chi connectivity index (χ2n) is 5.12. The Bertz CT molecular complexity index is 702. The van der Waals surface area contributed by atoms with Crippen molar-refractivity contribution in [1.82, 2.24) is 4.90 Å². The van der Waals surface area contributed by atoms with Crippen LogP contribution in [0.1, 0.15) is 24.8 Å². The molecule has 2 N–H and O–H groups in total. The number of amides is 1. The summed E-state index contributed by atoms with van der Waals surface area (Å²) in [6.45, 7) is 0.406. The number of unbranched alkanes of at least 4 members (excludes halogenated alkanes) is 1. The van der Waals surface area contributed by atoms with Gasteiger partial charge in [0.2, 0.25) is 0 Å². The van der Waals surface area contributed by atoms with Gasteiger partial charge in [-0.25, -0.2) is 0 Å². The molecule has 2 rings (SSSR count). The third-order valence-electron chi connectivity index (χ3n) is 3.40. The smallest absolute Gasteiger partial charge is 0.303 e. The molecule has 1 aliphatic heterocycles. The Kier molecular flexibility index (Phi) is 6.22. The highest BCUT2D eigenvalue weighted by molar-refractivity contribution is 8.26. The van der Waals surface area contributed by atoms with E-state index in [9.17, 15) is 14.7 Å². The van der Waals surface area contributed by atoms with Crippen LogP contribution in [0.25, 0.3) is 6.08 Å². The fourth-order valence-electron chi connectivity index (χ4n) is 2.19. The first-order chi connectivity index (χ1) is 11.4. The van der Waals surface area contributed by atoms with E-state index in [4.69, 9.17) is 22.1 Å². The Hall–Kier alpha value is -2.06. The first kappa shape index (κ1) is 18.3. The van der Waals surface area contributed by atoms with Crippen molar-refractivity contribution in [3.05, 3.63) is 28.7 Å². The molecule has 1 aromatic rings. The minimum atomic E-state index is -0.848. The number of carbonyl (C=O) groups excluding carboxylic acids is 1. The minimum absolute atomic E-state index is 0.00426. The molecule has 0 radical (unpaired) electrons. The molecule has 0 atom stereocenters. The number of benzene rings is 1. The fourth-order valence-corrected chi connectivity index (χ4v) is 3.50. The lowest BCUT2D eigenvalue weighted by Crippen LogP contribution is -2.29. The Morgan fingerprint density at radius 1 is 1.42 bits per heavy atom. The molecular weight excluding hydrogens is 350 g/mol. The Balaban J connectivity index is 2.04. The number of carboxylic acid groups (broad SMARTS) is 1. The maximum atomic E-state index is 12.4. The molecule has 0 aliphatic carbocycles. The number of hydrogen-bond donors (Lipinski definition) is 2. The van der Waals surface area contributed by atoms with Gasteiger partial charge in [-0.1, -0.05) is 30.0 Å². The number of hydrogen-bond acceptors (Lipinski definition) is 6. The van der Waals surface area contributed by atoms with E-state index in [-0.39, 0.29) is 18.1 Å². The van der Waals surface area contributed by atoms with Gasteiger partial charge in [-0.2, -0.15) is 0 Å². The summed E-state index contributed by atoms with van der Waals surface area (Å²) in [4.78, 5) is 24.9. The molecule has 0 unspecified atom stereocenters. The van der Waals surface area contributed by atoms with Crippen molar-refractivity contribution in [2.75, 3.05) is 13.7 Å². The quantitative estimate of drug-likeness (QED) is 0.435. The minimum Gasteiger partial charge on any atom is -0.504 e. The summed E-state index contributed by atoms with van der Waals surface area (Å²) in [6.07, 6.45) is 2.82. The molecule has 1 amide bonds. The van der Waals surface area contributed by atoms with Gasteiger partial charge in [-0.3, -0.25) is 14.5 Å². The number of phenolic OH excluding ortho intramolecular Hbond substituents is 1. The van der Waals surface area contributed by atoms with E-state index in [1.807, 2.05) is 0 Å². The number of nitrogens with zero attached hydrogens (tertiary/aromatic N) is 1. The molecule has 0 spiro atoms. The van der Waals surface area contributed by atoms with Crippen LogP contribution in [-0.4, -0.2) is 45.0 Å². The van der Waals surface area contributed by atoms with Gasteiger partial charge >= 0.3 is 5.97 Å². The Morgan fingerprint density at radius 3 is 2.79 bits per heavy atom. The van der Waals surface area contributed by atoms with E-state index < -0.39 is 5.97 Å².